The van der Waals surface area contributed by atoms with Crippen LogP contribution in [0.1, 0.15) is 140 Å². The minimum atomic E-state index is -0.332. The van der Waals surface area contributed by atoms with E-state index in [1.165, 1.54) is 22.3 Å². The molecular formula is C33H48O2. The fourth-order valence-electron chi connectivity index (χ4n) is 6.88. The van der Waals surface area contributed by atoms with Crippen molar-refractivity contribution in [2.45, 2.75) is 136 Å². The molecular weight excluding hydrogens is 428 g/mol. The Morgan fingerprint density at radius 3 is 1.06 bits per heavy atom. The molecule has 2 nitrogen and oxygen atoms in total. The van der Waals surface area contributed by atoms with Gasteiger partial charge in [0, 0.05) is 16.5 Å². The minimum absolute atomic E-state index is 0.0172. The Labute approximate surface area is 214 Å². The predicted octanol–water partition coefficient (Wildman–Crippen LogP) is 8.47. The molecule has 2 aliphatic rings. The Bertz CT molecular complexity index is 1090. The van der Waals surface area contributed by atoms with Gasteiger partial charge in [-0.1, -0.05) is 95.2 Å². The van der Waals surface area contributed by atoms with Crippen LogP contribution in [0, 0.1) is 0 Å². The summed E-state index contributed by atoms with van der Waals surface area (Å²) in [4.78, 5) is 0. The van der Waals surface area contributed by atoms with Crippen LogP contribution in [-0.2, 0) is 39.9 Å². The quantitative estimate of drug-likeness (QED) is 0.400. The van der Waals surface area contributed by atoms with Crippen LogP contribution in [0.5, 0.6) is 11.5 Å². The van der Waals surface area contributed by atoms with E-state index in [2.05, 4.69) is 95.2 Å². The highest BCUT2D eigenvalue weighted by Gasteiger charge is 2.52. The van der Waals surface area contributed by atoms with E-state index in [9.17, 15) is 10.2 Å². The molecule has 2 aromatic carbocycles. The van der Waals surface area contributed by atoms with E-state index in [0.717, 1.165) is 47.9 Å². The van der Waals surface area contributed by atoms with E-state index >= 15 is 0 Å². The van der Waals surface area contributed by atoms with Crippen molar-refractivity contribution in [2.24, 2.45) is 0 Å². The summed E-state index contributed by atoms with van der Waals surface area (Å²) in [6, 6.07) is 4.55. The summed E-state index contributed by atoms with van der Waals surface area (Å²) in [6.07, 6.45) is 3.79. The highest BCUT2D eigenvalue weighted by Crippen LogP contribution is 2.62. The lowest BCUT2D eigenvalue weighted by Gasteiger charge is -2.35. The molecule has 35 heavy (non-hydrogen) atoms. The van der Waals surface area contributed by atoms with Gasteiger partial charge in [-0.15, -0.1) is 0 Å². The molecule has 0 saturated carbocycles. The van der Waals surface area contributed by atoms with Crippen molar-refractivity contribution in [2.75, 3.05) is 0 Å². The van der Waals surface area contributed by atoms with Crippen LogP contribution in [0.4, 0.5) is 0 Å². The van der Waals surface area contributed by atoms with Crippen LogP contribution in [0.2, 0.25) is 0 Å². The zero-order chi connectivity index (χ0) is 26.5. The molecule has 0 atom stereocenters. The first kappa shape index (κ1) is 26.1. The molecule has 2 aromatic rings. The molecule has 0 saturated heterocycles. The van der Waals surface area contributed by atoms with Gasteiger partial charge in [0.05, 0.1) is 0 Å². The monoisotopic (exact) mass is 476 g/mol. The van der Waals surface area contributed by atoms with Gasteiger partial charge in [-0.3, -0.25) is 0 Å². The highest BCUT2D eigenvalue weighted by atomic mass is 16.3. The van der Waals surface area contributed by atoms with Gasteiger partial charge in [0.15, 0.2) is 0 Å². The van der Waals surface area contributed by atoms with Crippen LogP contribution in [0.25, 0.3) is 0 Å². The van der Waals surface area contributed by atoms with Crippen LogP contribution in [0.3, 0.4) is 0 Å². The SMILES string of the molecule is CC(C)(C)c1cc(C(C)(C)C)c2c(c1O)C1(CC2)CCc2c(C(C)(C)C)cc(C(C)(C)C)c(O)c21. The summed E-state index contributed by atoms with van der Waals surface area (Å²) in [5.41, 5.74) is 8.89. The van der Waals surface area contributed by atoms with Crippen molar-refractivity contribution >= 4 is 0 Å². The molecule has 2 heteroatoms. The lowest BCUT2D eigenvalue weighted by atomic mass is 9.69. The van der Waals surface area contributed by atoms with Crippen molar-refractivity contribution in [1.82, 2.24) is 0 Å². The third-order valence-corrected chi connectivity index (χ3v) is 8.61. The molecule has 0 amide bonds. The van der Waals surface area contributed by atoms with Gasteiger partial charge >= 0.3 is 0 Å². The van der Waals surface area contributed by atoms with Crippen molar-refractivity contribution in [3.05, 3.63) is 56.6 Å². The fraction of sp³-hybridized carbons (Fsp3) is 0.636. The van der Waals surface area contributed by atoms with Crippen LogP contribution in [-0.4, -0.2) is 10.2 Å². The number of benzene rings is 2. The van der Waals surface area contributed by atoms with Gasteiger partial charge in [0.1, 0.15) is 11.5 Å². The van der Waals surface area contributed by atoms with Crippen molar-refractivity contribution in [3.8, 4) is 11.5 Å². The summed E-state index contributed by atoms with van der Waals surface area (Å²) in [6.45, 7) is 26.9. The average Bonchev–Trinajstić information content (AvgIpc) is 3.21. The molecule has 1 spiro atoms. The second-order valence-corrected chi connectivity index (χ2v) is 15.4. The van der Waals surface area contributed by atoms with E-state index in [1.54, 1.807) is 0 Å². The molecule has 0 radical (unpaired) electrons. The van der Waals surface area contributed by atoms with E-state index in [-0.39, 0.29) is 27.1 Å². The van der Waals surface area contributed by atoms with Crippen molar-refractivity contribution in [1.29, 1.82) is 0 Å². The first-order valence-corrected chi connectivity index (χ1v) is 13.5. The number of fused-ring (bicyclic) bond motifs is 4. The maximum atomic E-state index is 12.0. The first-order chi connectivity index (χ1) is 15.7. The fourth-order valence-corrected chi connectivity index (χ4v) is 6.88. The molecule has 0 unspecified atom stereocenters. The Morgan fingerprint density at radius 2 is 0.800 bits per heavy atom. The number of hydrogen-bond donors (Lipinski definition) is 2. The van der Waals surface area contributed by atoms with Crippen molar-refractivity contribution < 1.29 is 10.2 Å². The Hall–Kier alpha value is -1.96. The standard InChI is InChI=1S/C33H48O2/c1-29(2,3)21-17-23(31(7,8)9)27(34)25-19(21)13-15-33(25)16-14-20-22(30(4,5)6)18-24(32(10,11)12)28(35)26(20)33/h17-18,34-35H,13-16H2,1-12H3. The lowest BCUT2D eigenvalue weighted by molar-refractivity contribution is 0.398. The Morgan fingerprint density at radius 1 is 0.514 bits per heavy atom. The van der Waals surface area contributed by atoms with Gasteiger partial charge in [-0.25, -0.2) is 0 Å². The molecule has 4 rings (SSSR count). The van der Waals surface area contributed by atoms with Gasteiger partial charge in [-0.2, -0.15) is 0 Å². The summed E-state index contributed by atoms with van der Waals surface area (Å²) < 4.78 is 0. The Balaban J connectivity index is 2.16. The first-order valence-electron chi connectivity index (χ1n) is 13.5. The number of aromatic hydroxyl groups is 2. The summed E-state index contributed by atoms with van der Waals surface area (Å²) in [7, 11) is 0. The largest absolute Gasteiger partial charge is 0.507 e. The molecule has 0 bridgehead atoms. The number of rotatable bonds is 0. The van der Waals surface area contributed by atoms with E-state index in [4.69, 9.17) is 0 Å². The van der Waals surface area contributed by atoms with Crippen LogP contribution >= 0.6 is 0 Å². The second-order valence-electron chi connectivity index (χ2n) is 15.4. The molecule has 2 N–H and O–H groups in total. The topological polar surface area (TPSA) is 40.5 Å². The normalized spacial score (nSPS) is 17.7. The minimum Gasteiger partial charge on any atom is -0.507 e. The number of hydrogen-bond acceptors (Lipinski definition) is 2. The number of phenolic OH excluding ortho intramolecular Hbond substituents is 2. The molecule has 2 aliphatic carbocycles. The maximum Gasteiger partial charge on any atom is 0.123 e. The van der Waals surface area contributed by atoms with E-state index < -0.39 is 0 Å². The lowest BCUT2D eigenvalue weighted by Crippen LogP contribution is -2.26. The third-order valence-electron chi connectivity index (χ3n) is 8.61. The smallest absolute Gasteiger partial charge is 0.123 e. The Kier molecular flexibility index (Phi) is 5.62. The molecule has 0 aromatic heterocycles. The van der Waals surface area contributed by atoms with Crippen LogP contribution < -0.4 is 0 Å². The zero-order valence-electron chi connectivity index (χ0n) is 24.4. The van der Waals surface area contributed by atoms with Gasteiger partial charge in [-0.05, 0) is 80.7 Å². The third kappa shape index (κ3) is 3.91. The molecule has 0 fully saturated rings. The zero-order valence-corrected chi connectivity index (χ0v) is 24.4. The summed E-state index contributed by atoms with van der Waals surface area (Å²) >= 11 is 0. The van der Waals surface area contributed by atoms with Gasteiger partial charge in [0.25, 0.3) is 0 Å². The van der Waals surface area contributed by atoms with E-state index in [0.29, 0.717) is 11.5 Å². The highest BCUT2D eigenvalue weighted by molar-refractivity contribution is 5.69. The molecule has 0 aliphatic heterocycles. The van der Waals surface area contributed by atoms with Crippen LogP contribution in [0.15, 0.2) is 12.1 Å². The van der Waals surface area contributed by atoms with Gasteiger partial charge < -0.3 is 10.2 Å². The van der Waals surface area contributed by atoms with Crippen molar-refractivity contribution in [3.63, 3.8) is 0 Å². The number of phenols is 2. The average molecular weight is 477 g/mol. The van der Waals surface area contributed by atoms with Gasteiger partial charge in [0.2, 0.25) is 0 Å². The summed E-state index contributed by atoms with van der Waals surface area (Å²) in [5, 5.41) is 23.9. The molecule has 0 heterocycles. The van der Waals surface area contributed by atoms with E-state index in [1.807, 2.05) is 0 Å². The summed E-state index contributed by atoms with van der Waals surface area (Å²) in [5.74, 6) is 0.924. The maximum absolute atomic E-state index is 12.0. The molecule has 192 valence electrons. The second kappa shape index (κ2) is 7.53. The predicted molar refractivity (Wildman–Crippen MR) is 148 cm³/mol.